The molecule has 0 bridgehead atoms. The Morgan fingerprint density at radius 2 is 1.82 bits per heavy atom. The van der Waals surface area contributed by atoms with E-state index >= 15 is 0 Å². The molecule has 142 valence electrons. The van der Waals surface area contributed by atoms with Gasteiger partial charge in [-0.3, -0.25) is 0 Å². The van der Waals surface area contributed by atoms with Crippen molar-refractivity contribution in [3.63, 3.8) is 0 Å². The molecule has 4 rings (SSSR count). The summed E-state index contributed by atoms with van der Waals surface area (Å²) in [6, 6.07) is 15.0. The van der Waals surface area contributed by atoms with E-state index in [1.165, 1.54) is 11.8 Å². The second-order valence-corrected chi connectivity index (χ2v) is 7.21. The predicted molar refractivity (Wildman–Crippen MR) is 107 cm³/mol. The first-order chi connectivity index (χ1) is 13.7. The third kappa shape index (κ3) is 3.74. The number of benzene rings is 2. The number of ether oxygens (including phenoxy) is 1. The molecule has 0 aliphatic heterocycles. The van der Waals surface area contributed by atoms with Gasteiger partial charge in [0.05, 0.1) is 23.4 Å². The lowest BCUT2D eigenvalue weighted by atomic mass is 10.2. The largest absolute Gasteiger partial charge is 0.497 e. The first kappa shape index (κ1) is 18.5. The molecule has 4 aromatic rings. The van der Waals surface area contributed by atoms with Gasteiger partial charge in [-0.25, -0.2) is 0 Å². The number of methoxy groups -OCH3 is 1. The van der Waals surface area contributed by atoms with Crippen molar-refractivity contribution >= 4 is 23.4 Å². The van der Waals surface area contributed by atoms with Gasteiger partial charge in [0.25, 0.3) is 0 Å². The van der Waals surface area contributed by atoms with E-state index in [2.05, 4.69) is 20.4 Å². The van der Waals surface area contributed by atoms with Crippen molar-refractivity contribution in [3.8, 4) is 28.6 Å². The fourth-order valence-electron chi connectivity index (χ4n) is 2.61. The molecule has 0 spiro atoms. The molecule has 2 heterocycles. The number of thioether (sulfide) groups is 1. The molecular weight excluding hydrogens is 398 g/mol. The summed E-state index contributed by atoms with van der Waals surface area (Å²) in [7, 11) is 3.56. The number of halogens is 1. The molecule has 0 unspecified atom stereocenters. The second-order valence-electron chi connectivity index (χ2n) is 5.86. The standard InChI is InChI=1S/C19H16ClN5O2S/c1-25-17(12-7-9-13(26-2)10-8-12)22-24-19(25)28-11-16-21-23-18(27-16)14-5-3-4-6-15(14)20/h3-10H,11H2,1-2H3. The highest BCUT2D eigenvalue weighted by atomic mass is 35.5. The van der Waals surface area contributed by atoms with E-state index in [0.717, 1.165) is 22.3 Å². The summed E-state index contributed by atoms with van der Waals surface area (Å²) in [6.07, 6.45) is 0. The molecule has 7 nitrogen and oxygen atoms in total. The Morgan fingerprint density at radius 3 is 2.57 bits per heavy atom. The van der Waals surface area contributed by atoms with Gasteiger partial charge in [0, 0.05) is 12.6 Å². The molecule has 0 saturated carbocycles. The summed E-state index contributed by atoms with van der Waals surface area (Å²) < 4.78 is 12.8. The molecule has 28 heavy (non-hydrogen) atoms. The molecule has 0 N–H and O–H groups in total. The Bertz CT molecular complexity index is 1090. The molecule has 2 aromatic heterocycles. The van der Waals surface area contributed by atoms with Gasteiger partial charge in [-0.15, -0.1) is 20.4 Å². The number of rotatable bonds is 6. The highest BCUT2D eigenvalue weighted by Crippen LogP contribution is 2.29. The first-order valence-electron chi connectivity index (χ1n) is 8.39. The lowest BCUT2D eigenvalue weighted by molar-refractivity contribution is 0.415. The van der Waals surface area contributed by atoms with Crippen molar-refractivity contribution in [2.45, 2.75) is 10.9 Å². The van der Waals surface area contributed by atoms with Gasteiger partial charge in [0.15, 0.2) is 11.0 Å². The van der Waals surface area contributed by atoms with Crippen LogP contribution in [0.1, 0.15) is 5.89 Å². The second kappa shape index (κ2) is 8.04. The van der Waals surface area contributed by atoms with Gasteiger partial charge in [0.2, 0.25) is 11.8 Å². The van der Waals surface area contributed by atoms with Crippen molar-refractivity contribution in [2.24, 2.45) is 7.05 Å². The van der Waals surface area contributed by atoms with Crippen molar-refractivity contribution in [1.82, 2.24) is 25.0 Å². The first-order valence-corrected chi connectivity index (χ1v) is 9.76. The molecule has 0 aliphatic carbocycles. The average molecular weight is 414 g/mol. The minimum Gasteiger partial charge on any atom is -0.497 e. The molecule has 0 fully saturated rings. The van der Waals surface area contributed by atoms with Crippen molar-refractivity contribution in [2.75, 3.05) is 7.11 Å². The van der Waals surface area contributed by atoms with Gasteiger partial charge in [-0.05, 0) is 36.4 Å². The summed E-state index contributed by atoms with van der Waals surface area (Å²) in [4.78, 5) is 0. The van der Waals surface area contributed by atoms with E-state index in [4.69, 9.17) is 20.8 Å². The van der Waals surface area contributed by atoms with Gasteiger partial charge >= 0.3 is 0 Å². The van der Waals surface area contributed by atoms with E-state index in [-0.39, 0.29) is 0 Å². The maximum atomic E-state index is 6.18. The van der Waals surface area contributed by atoms with Crippen molar-refractivity contribution < 1.29 is 9.15 Å². The fourth-order valence-corrected chi connectivity index (χ4v) is 3.58. The zero-order valence-corrected chi connectivity index (χ0v) is 16.7. The molecular formula is C19H16ClN5O2S. The summed E-state index contributed by atoms with van der Waals surface area (Å²) in [6.45, 7) is 0. The van der Waals surface area contributed by atoms with Crippen LogP contribution in [0.25, 0.3) is 22.8 Å². The zero-order valence-electron chi connectivity index (χ0n) is 15.2. The van der Waals surface area contributed by atoms with Crippen LogP contribution in [0, 0.1) is 0 Å². The topological polar surface area (TPSA) is 78.9 Å². The Balaban J connectivity index is 1.47. The molecule has 0 radical (unpaired) electrons. The molecule has 9 heteroatoms. The summed E-state index contributed by atoms with van der Waals surface area (Å²) in [5, 5.41) is 18.0. The third-order valence-corrected chi connectivity index (χ3v) is 5.41. The minimum atomic E-state index is 0.401. The van der Waals surface area contributed by atoms with E-state index in [1.807, 2.05) is 54.1 Å². The van der Waals surface area contributed by atoms with Crippen molar-refractivity contribution in [3.05, 3.63) is 59.4 Å². The zero-order chi connectivity index (χ0) is 19.5. The van der Waals surface area contributed by atoms with Crippen LogP contribution < -0.4 is 4.74 Å². The van der Waals surface area contributed by atoms with E-state index < -0.39 is 0 Å². The quantitative estimate of drug-likeness (QED) is 0.431. The Morgan fingerprint density at radius 1 is 1.04 bits per heavy atom. The number of hydrogen-bond donors (Lipinski definition) is 0. The highest BCUT2D eigenvalue weighted by molar-refractivity contribution is 7.98. The normalized spacial score (nSPS) is 11.0. The molecule has 0 aliphatic rings. The monoisotopic (exact) mass is 413 g/mol. The number of nitrogens with zero attached hydrogens (tertiary/aromatic N) is 5. The third-order valence-electron chi connectivity index (χ3n) is 4.08. The van der Waals surface area contributed by atoms with Gasteiger partial charge < -0.3 is 13.7 Å². The van der Waals surface area contributed by atoms with Crippen molar-refractivity contribution in [1.29, 1.82) is 0 Å². The highest BCUT2D eigenvalue weighted by Gasteiger charge is 2.15. The van der Waals surface area contributed by atoms with E-state index in [1.54, 1.807) is 13.2 Å². The molecule has 0 saturated heterocycles. The van der Waals surface area contributed by atoms with Crippen LogP contribution in [0.4, 0.5) is 0 Å². The fraction of sp³-hybridized carbons (Fsp3) is 0.158. The summed E-state index contributed by atoms with van der Waals surface area (Å²) in [5.74, 6) is 2.94. The van der Waals surface area contributed by atoms with Crippen LogP contribution in [0.15, 0.2) is 58.1 Å². The van der Waals surface area contributed by atoms with E-state index in [0.29, 0.717) is 28.1 Å². The van der Waals surface area contributed by atoms with Crippen LogP contribution in [0.3, 0.4) is 0 Å². The molecule has 2 aromatic carbocycles. The van der Waals surface area contributed by atoms with Crippen LogP contribution in [-0.4, -0.2) is 32.1 Å². The molecule has 0 amide bonds. The Kier molecular flexibility index (Phi) is 5.31. The van der Waals surface area contributed by atoms with Crippen LogP contribution in [0.2, 0.25) is 5.02 Å². The van der Waals surface area contributed by atoms with E-state index in [9.17, 15) is 0 Å². The van der Waals surface area contributed by atoms with Gasteiger partial charge in [0.1, 0.15) is 5.75 Å². The minimum absolute atomic E-state index is 0.401. The SMILES string of the molecule is COc1ccc(-c2nnc(SCc3nnc(-c4ccccc4Cl)o3)n2C)cc1. The lowest BCUT2D eigenvalue weighted by Gasteiger charge is -2.04. The Labute approximate surface area is 170 Å². The summed E-state index contributed by atoms with van der Waals surface area (Å²) in [5.41, 5.74) is 1.68. The van der Waals surface area contributed by atoms with Crippen LogP contribution in [-0.2, 0) is 12.8 Å². The number of hydrogen-bond acceptors (Lipinski definition) is 7. The van der Waals surface area contributed by atoms with Crippen LogP contribution >= 0.6 is 23.4 Å². The maximum Gasteiger partial charge on any atom is 0.249 e. The predicted octanol–water partition coefficient (Wildman–Crippen LogP) is 4.49. The maximum absolute atomic E-state index is 6.18. The molecule has 0 atom stereocenters. The smallest absolute Gasteiger partial charge is 0.249 e. The van der Waals surface area contributed by atoms with Crippen LogP contribution in [0.5, 0.6) is 5.75 Å². The summed E-state index contributed by atoms with van der Waals surface area (Å²) >= 11 is 7.65. The Hall–Kier alpha value is -2.84. The van der Waals surface area contributed by atoms with Gasteiger partial charge in [-0.2, -0.15) is 0 Å². The van der Waals surface area contributed by atoms with Gasteiger partial charge in [-0.1, -0.05) is 35.5 Å². The average Bonchev–Trinajstić information content (AvgIpc) is 3.33. The lowest BCUT2D eigenvalue weighted by Crippen LogP contribution is -1.95. The number of aromatic nitrogens is 5.